The first-order valence-corrected chi connectivity index (χ1v) is 7.81. The van der Waals surface area contributed by atoms with Crippen LogP contribution in [0.1, 0.15) is 35.2 Å². The minimum Gasteiger partial charge on any atom is -0.478 e. The smallest absolute Gasteiger partial charge is 0.335 e. The Morgan fingerprint density at radius 1 is 1.25 bits per heavy atom. The lowest BCUT2D eigenvalue weighted by molar-refractivity contribution is -0.129. The predicted molar refractivity (Wildman–Crippen MR) is 79.3 cm³/mol. The van der Waals surface area contributed by atoms with Crippen molar-refractivity contribution in [1.29, 1.82) is 0 Å². The van der Waals surface area contributed by atoms with Crippen LogP contribution in [-0.4, -0.2) is 40.7 Å². The molecule has 1 aromatic rings. The number of carbonyl (C=O) groups excluding carboxylic acids is 1. The lowest BCUT2D eigenvalue weighted by atomic mass is 10.1. The molecule has 20 heavy (non-hydrogen) atoms. The molecule has 0 atom stereocenters. The van der Waals surface area contributed by atoms with E-state index in [1.807, 2.05) is 11.0 Å². The zero-order valence-corrected chi connectivity index (χ0v) is 12.4. The van der Waals surface area contributed by atoms with Crippen molar-refractivity contribution in [3.05, 3.63) is 29.3 Å². The number of rotatable bonds is 4. The van der Waals surface area contributed by atoms with Gasteiger partial charge < -0.3 is 10.0 Å². The molecule has 0 radical (unpaired) electrons. The third kappa shape index (κ3) is 3.76. The maximum atomic E-state index is 12.0. The molecule has 108 valence electrons. The monoisotopic (exact) mass is 293 g/mol. The summed E-state index contributed by atoms with van der Waals surface area (Å²) in [5, 5.41) is 9.09. The van der Waals surface area contributed by atoms with Crippen LogP contribution in [0.5, 0.6) is 0 Å². The van der Waals surface area contributed by atoms with Gasteiger partial charge in [0.25, 0.3) is 0 Å². The van der Waals surface area contributed by atoms with Gasteiger partial charge in [-0.05, 0) is 43.9 Å². The second-order valence-electron chi connectivity index (χ2n) is 5.01. The van der Waals surface area contributed by atoms with Crippen molar-refractivity contribution in [1.82, 2.24) is 4.90 Å². The molecule has 0 aliphatic carbocycles. The molecule has 0 unspecified atom stereocenters. The Morgan fingerprint density at radius 2 is 1.95 bits per heavy atom. The summed E-state index contributed by atoms with van der Waals surface area (Å²) in [4.78, 5) is 25.9. The SMILES string of the molecule is Cc1ccc(SCC(=O)N2CCCCC2)cc1C(=O)O. The highest BCUT2D eigenvalue weighted by Crippen LogP contribution is 2.22. The molecule has 1 saturated heterocycles. The van der Waals surface area contributed by atoms with E-state index in [4.69, 9.17) is 5.11 Å². The molecule has 1 aromatic carbocycles. The van der Waals surface area contributed by atoms with Crippen molar-refractivity contribution in [2.75, 3.05) is 18.8 Å². The first kappa shape index (κ1) is 14.9. The molecule has 0 saturated carbocycles. The first-order chi connectivity index (χ1) is 9.58. The molecule has 4 nitrogen and oxygen atoms in total. The van der Waals surface area contributed by atoms with Gasteiger partial charge in [0.15, 0.2) is 0 Å². The maximum absolute atomic E-state index is 12.0. The summed E-state index contributed by atoms with van der Waals surface area (Å²) in [6.45, 7) is 3.48. The van der Waals surface area contributed by atoms with Crippen LogP contribution in [-0.2, 0) is 4.79 Å². The third-order valence-electron chi connectivity index (χ3n) is 3.51. The molecule has 5 heteroatoms. The van der Waals surface area contributed by atoms with Gasteiger partial charge in [0.1, 0.15) is 0 Å². The number of carbonyl (C=O) groups is 2. The van der Waals surface area contributed by atoms with Crippen LogP contribution in [0, 0.1) is 6.92 Å². The zero-order chi connectivity index (χ0) is 14.5. The summed E-state index contributed by atoms with van der Waals surface area (Å²) in [6.07, 6.45) is 3.38. The van der Waals surface area contributed by atoms with Gasteiger partial charge in [0.05, 0.1) is 11.3 Å². The second kappa shape index (κ2) is 6.79. The van der Waals surface area contributed by atoms with Crippen LogP contribution in [0.4, 0.5) is 0 Å². The molecule has 1 aliphatic rings. The van der Waals surface area contributed by atoms with E-state index in [1.165, 1.54) is 18.2 Å². The molecular formula is C15H19NO3S. The highest BCUT2D eigenvalue weighted by molar-refractivity contribution is 8.00. The highest BCUT2D eigenvalue weighted by Gasteiger charge is 2.16. The Kier molecular flexibility index (Phi) is 5.06. The molecule has 0 bridgehead atoms. The van der Waals surface area contributed by atoms with E-state index >= 15 is 0 Å². The van der Waals surface area contributed by atoms with E-state index in [0.717, 1.165) is 36.4 Å². The number of likely N-dealkylation sites (tertiary alicyclic amines) is 1. The van der Waals surface area contributed by atoms with Crippen molar-refractivity contribution in [2.24, 2.45) is 0 Å². The number of carboxylic acids is 1. The van der Waals surface area contributed by atoms with Crippen LogP contribution in [0.25, 0.3) is 0 Å². The number of hydrogen-bond acceptors (Lipinski definition) is 3. The van der Waals surface area contributed by atoms with Crippen molar-refractivity contribution >= 4 is 23.6 Å². The Hall–Kier alpha value is -1.49. The average molecular weight is 293 g/mol. The van der Waals surface area contributed by atoms with E-state index in [1.54, 1.807) is 19.1 Å². The minimum atomic E-state index is -0.924. The van der Waals surface area contributed by atoms with Gasteiger partial charge in [-0.3, -0.25) is 4.79 Å². The summed E-state index contributed by atoms with van der Waals surface area (Å²) < 4.78 is 0. The van der Waals surface area contributed by atoms with E-state index in [2.05, 4.69) is 0 Å². The Morgan fingerprint density at radius 3 is 2.60 bits per heavy atom. The quantitative estimate of drug-likeness (QED) is 0.867. The van der Waals surface area contributed by atoms with E-state index < -0.39 is 5.97 Å². The molecular weight excluding hydrogens is 274 g/mol. The topological polar surface area (TPSA) is 57.6 Å². The molecule has 2 rings (SSSR count). The molecule has 0 aromatic heterocycles. The van der Waals surface area contributed by atoms with E-state index in [0.29, 0.717) is 11.3 Å². The number of piperidine rings is 1. The van der Waals surface area contributed by atoms with Gasteiger partial charge in [-0.15, -0.1) is 11.8 Å². The Labute approximate surface area is 123 Å². The number of thioether (sulfide) groups is 1. The van der Waals surface area contributed by atoms with Crippen molar-refractivity contribution in [3.63, 3.8) is 0 Å². The molecule has 1 fully saturated rings. The van der Waals surface area contributed by atoms with E-state index in [-0.39, 0.29) is 5.91 Å². The normalized spacial score (nSPS) is 15.2. The highest BCUT2D eigenvalue weighted by atomic mass is 32.2. The fourth-order valence-electron chi connectivity index (χ4n) is 2.30. The fourth-order valence-corrected chi connectivity index (χ4v) is 3.14. The third-order valence-corrected chi connectivity index (χ3v) is 4.49. The number of carboxylic acid groups (broad SMARTS) is 1. The first-order valence-electron chi connectivity index (χ1n) is 6.82. The van der Waals surface area contributed by atoms with Gasteiger partial charge in [-0.2, -0.15) is 0 Å². The van der Waals surface area contributed by atoms with Crippen LogP contribution in [0.3, 0.4) is 0 Å². The molecule has 1 amide bonds. The summed E-state index contributed by atoms with van der Waals surface area (Å²) in [6, 6.07) is 5.30. The zero-order valence-electron chi connectivity index (χ0n) is 11.6. The lowest BCUT2D eigenvalue weighted by Gasteiger charge is -2.26. The number of amides is 1. The van der Waals surface area contributed by atoms with E-state index in [9.17, 15) is 9.59 Å². The van der Waals surface area contributed by atoms with Gasteiger partial charge in [-0.1, -0.05) is 6.07 Å². The van der Waals surface area contributed by atoms with Crippen LogP contribution >= 0.6 is 11.8 Å². The average Bonchev–Trinajstić information content (AvgIpc) is 2.46. The van der Waals surface area contributed by atoms with Gasteiger partial charge >= 0.3 is 5.97 Å². The minimum absolute atomic E-state index is 0.146. The number of benzene rings is 1. The van der Waals surface area contributed by atoms with Crippen molar-refractivity contribution in [3.8, 4) is 0 Å². The number of hydrogen-bond donors (Lipinski definition) is 1. The summed E-state index contributed by atoms with van der Waals surface area (Å²) in [5.41, 5.74) is 1.05. The molecule has 1 aliphatic heterocycles. The summed E-state index contributed by atoms with van der Waals surface area (Å²) in [5.74, 6) is -0.401. The lowest BCUT2D eigenvalue weighted by Crippen LogP contribution is -2.36. The molecule has 0 spiro atoms. The number of aryl methyl sites for hydroxylation is 1. The van der Waals surface area contributed by atoms with Crippen LogP contribution in [0.2, 0.25) is 0 Å². The van der Waals surface area contributed by atoms with Crippen molar-refractivity contribution < 1.29 is 14.7 Å². The largest absolute Gasteiger partial charge is 0.478 e. The standard InChI is InChI=1S/C15H19NO3S/c1-11-5-6-12(9-13(11)15(18)19)20-10-14(17)16-7-3-2-4-8-16/h5-6,9H,2-4,7-8,10H2,1H3,(H,18,19). The summed E-state index contributed by atoms with van der Waals surface area (Å²) >= 11 is 1.41. The maximum Gasteiger partial charge on any atom is 0.335 e. The fraction of sp³-hybridized carbons (Fsp3) is 0.467. The molecule has 1 heterocycles. The van der Waals surface area contributed by atoms with Crippen LogP contribution in [0.15, 0.2) is 23.1 Å². The van der Waals surface area contributed by atoms with Crippen LogP contribution < -0.4 is 0 Å². The second-order valence-corrected chi connectivity index (χ2v) is 6.06. The Bertz CT molecular complexity index is 510. The van der Waals surface area contributed by atoms with Gasteiger partial charge in [0.2, 0.25) is 5.91 Å². The number of nitrogens with zero attached hydrogens (tertiary/aromatic N) is 1. The van der Waals surface area contributed by atoms with Gasteiger partial charge in [0, 0.05) is 18.0 Å². The summed E-state index contributed by atoms with van der Waals surface area (Å²) in [7, 11) is 0. The number of aromatic carboxylic acids is 1. The van der Waals surface area contributed by atoms with Crippen molar-refractivity contribution in [2.45, 2.75) is 31.1 Å². The predicted octanol–water partition coefficient (Wildman–Crippen LogP) is 2.80. The Balaban J connectivity index is 1.95. The molecule has 1 N–H and O–H groups in total. The van der Waals surface area contributed by atoms with Gasteiger partial charge in [-0.25, -0.2) is 4.79 Å².